The Morgan fingerprint density at radius 3 is 2.43 bits per heavy atom. The third kappa shape index (κ3) is 6.22. The zero-order valence-corrected chi connectivity index (χ0v) is 13.9. The van der Waals surface area contributed by atoms with Crippen molar-refractivity contribution in [1.82, 2.24) is 10.3 Å². The van der Waals surface area contributed by atoms with Crippen LogP contribution in [0.1, 0.15) is 44.7 Å². The molecular weight excluding hydrogens is 299 g/mol. The van der Waals surface area contributed by atoms with Crippen molar-refractivity contribution >= 4 is 16.5 Å². The second-order valence-corrected chi connectivity index (χ2v) is 6.35. The molecule has 1 heterocycles. The number of alkyl halides is 3. The van der Waals surface area contributed by atoms with Gasteiger partial charge in [-0.2, -0.15) is 13.2 Å². The SMILES string of the molecule is CCCN(CC(F)(F)F)c1nc(CC)c(CNC(C)C)s1. The predicted octanol–water partition coefficient (Wildman–Crippen LogP) is 3.98. The summed E-state index contributed by atoms with van der Waals surface area (Å²) in [6, 6.07) is 0.335. The van der Waals surface area contributed by atoms with E-state index in [1.54, 1.807) is 0 Å². The van der Waals surface area contributed by atoms with E-state index in [1.807, 2.05) is 27.7 Å². The van der Waals surface area contributed by atoms with E-state index in [1.165, 1.54) is 16.2 Å². The van der Waals surface area contributed by atoms with Crippen molar-refractivity contribution in [3.8, 4) is 0 Å². The molecule has 0 aliphatic heterocycles. The van der Waals surface area contributed by atoms with Gasteiger partial charge < -0.3 is 10.2 Å². The quantitative estimate of drug-likeness (QED) is 0.784. The van der Waals surface area contributed by atoms with Gasteiger partial charge in [0.1, 0.15) is 6.54 Å². The maximum atomic E-state index is 12.7. The van der Waals surface area contributed by atoms with Crippen LogP contribution in [-0.2, 0) is 13.0 Å². The molecule has 0 amide bonds. The zero-order chi connectivity index (χ0) is 16.0. The lowest BCUT2D eigenvalue weighted by Crippen LogP contribution is -2.34. The maximum Gasteiger partial charge on any atom is 0.406 e. The molecule has 1 aromatic rings. The smallest absolute Gasteiger partial charge is 0.339 e. The van der Waals surface area contributed by atoms with Crippen molar-refractivity contribution < 1.29 is 13.2 Å². The highest BCUT2D eigenvalue weighted by Gasteiger charge is 2.32. The van der Waals surface area contributed by atoms with Gasteiger partial charge >= 0.3 is 6.18 Å². The van der Waals surface area contributed by atoms with Gasteiger partial charge in [0, 0.05) is 24.0 Å². The van der Waals surface area contributed by atoms with Gasteiger partial charge in [0.25, 0.3) is 0 Å². The first-order valence-electron chi connectivity index (χ1n) is 7.30. The third-order valence-electron chi connectivity index (χ3n) is 2.91. The topological polar surface area (TPSA) is 28.2 Å². The molecule has 7 heteroatoms. The molecule has 3 nitrogen and oxygen atoms in total. The van der Waals surface area contributed by atoms with Crippen molar-refractivity contribution in [2.75, 3.05) is 18.0 Å². The van der Waals surface area contributed by atoms with E-state index in [-0.39, 0.29) is 0 Å². The average Bonchev–Trinajstić information content (AvgIpc) is 2.77. The molecule has 0 saturated heterocycles. The Balaban J connectivity index is 2.92. The van der Waals surface area contributed by atoms with Crippen LogP contribution < -0.4 is 10.2 Å². The van der Waals surface area contributed by atoms with E-state index in [9.17, 15) is 13.2 Å². The second-order valence-electron chi connectivity index (χ2n) is 5.29. The van der Waals surface area contributed by atoms with Crippen molar-refractivity contribution in [2.24, 2.45) is 0 Å². The average molecular weight is 323 g/mol. The first kappa shape index (κ1) is 18.2. The fourth-order valence-electron chi connectivity index (χ4n) is 1.94. The molecule has 0 unspecified atom stereocenters. The van der Waals surface area contributed by atoms with E-state index in [2.05, 4.69) is 10.3 Å². The molecule has 0 atom stereocenters. The monoisotopic (exact) mass is 323 g/mol. The number of nitrogens with one attached hydrogen (secondary N) is 1. The normalized spacial score (nSPS) is 12.2. The summed E-state index contributed by atoms with van der Waals surface area (Å²) in [5.74, 6) is 0. The van der Waals surface area contributed by atoms with Crippen LogP contribution in [0.4, 0.5) is 18.3 Å². The largest absolute Gasteiger partial charge is 0.406 e. The molecule has 21 heavy (non-hydrogen) atoms. The van der Waals surface area contributed by atoms with Gasteiger partial charge in [0.2, 0.25) is 0 Å². The Morgan fingerprint density at radius 1 is 1.29 bits per heavy atom. The van der Waals surface area contributed by atoms with Crippen LogP contribution in [0.5, 0.6) is 0 Å². The van der Waals surface area contributed by atoms with Crippen LogP contribution in [0.2, 0.25) is 0 Å². The second kappa shape index (κ2) is 7.98. The molecule has 0 saturated carbocycles. The van der Waals surface area contributed by atoms with Crippen LogP contribution in [0.3, 0.4) is 0 Å². The van der Waals surface area contributed by atoms with Gasteiger partial charge in [-0.25, -0.2) is 4.98 Å². The minimum atomic E-state index is -4.20. The molecule has 0 spiro atoms. The van der Waals surface area contributed by atoms with E-state index in [4.69, 9.17) is 0 Å². The summed E-state index contributed by atoms with van der Waals surface area (Å²) in [7, 11) is 0. The van der Waals surface area contributed by atoms with Crippen molar-refractivity contribution in [3.63, 3.8) is 0 Å². The Bertz CT molecular complexity index is 430. The predicted molar refractivity (Wildman–Crippen MR) is 82.0 cm³/mol. The molecule has 0 bridgehead atoms. The van der Waals surface area contributed by atoms with E-state index < -0.39 is 12.7 Å². The van der Waals surface area contributed by atoms with Gasteiger partial charge in [-0.1, -0.05) is 27.7 Å². The minimum Gasteiger partial charge on any atom is -0.339 e. The van der Waals surface area contributed by atoms with Crippen molar-refractivity contribution in [1.29, 1.82) is 0 Å². The van der Waals surface area contributed by atoms with E-state index in [0.717, 1.165) is 17.0 Å². The van der Waals surface area contributed by atoms with Crippen LogP contribution in [0, 0.1) is 0 Å². The summed E-state index contributed by atoms with van der Waals surface area (Å²) < 4.78 is 38.0. The third-order valence-corrected chi connectivity index (χ3v) is 4.07. The lowest BCUT2D eigenvalue weighted by Gasteiger charge is -2.22. The summed E-state index contributed by atoms with van der Waals surface area (Å²) in [5.41, 5.74) is 0.895. The summed E-state index contributed by atoms with van der Waals surface area (Å²) in [5, 5.41) is 3.78. The van der Waals surface area contributed by atoms with Gasteiger partial charge in [-0.15, -0.1) is 11.3 Å². The van der Waals surface area contributed by atoms with Gasteiger partial charge in [-0.3, -0.25) is 0 Å². The molecule has 1 aromatic heterocycles. The molecule has 0 aliphatic rings. The number of nitrogens with zero attached hydrogens (tertiary/aromatic N) is 2. The summed E-state index contributed by atoms with van der Waals surface area (Å²) in [6.07, 6.45) is -2.81. The molecule has 0 fully saturated rings. The maximum absolute atomic E-state index is 12.7. The van der Waals surface area contributed by atoms with Crippen LogP contribution in [-0.4, -0.2) is 30.3 Å². The molecular formula is C14H24F3N3S. The highest BCUT2D eigenvalue weighted by molar-refractivity contribution is 7.15. The number of aryl methyl sites for hydroxylation is 1. The Kier molecular flexibility index (Phi) is 6.93. The Hall–Kier alpha value is -0.820. The Morgan fingerprint density at radius 2 is 1.95 bits per heavy atom. The first-order valence-corrected chi connectivity index (χ1v) is 8.12. The van der Waals surface area contributed by atoms with Gasteiger partial charge in [0.15, 0.2) is 5.13 Å². The van der Waals surface area contributed by atoms with Gasteiger partial charge in [0.05, 0.1) is 5.69 Å². The van der Waals surface area contributed by atoms with Crippen molar-refractivity contribution in [2.45, 2.75) is 59.3 Å². The number of halogens is 3. The molecule has 0 aliphatic carbocycles. The lowest BCUT2D eigenvalue weighted by atomic mass is 10.3. The highest BCUT2D eigenvalue weighted by Crippen LogP contribution is 2.29. The molecule has 1 rings (SSSR count). The number of hydrogen-bond acceptors (Lipinski definition) is 4. The molecule has 0 radical (unpaired) electrons. The first-order chi connectivity index (χ1) is 9.76. The summed E-state index contributed by atoms with van der Waals surface area (Å²) >= 11 is 1.37. The van der Waals surface area contributed by atoms with Crippen LogP contribution >= 0.6 is 11.3 Å². The number of rotatable bonds is 8. The Labute approximate surface area is 128 Å². The number of thiazole rings is 1. The zero-order valence-electron chi connectivity index (χ0n) is 13.0. The number of aromatic nitrogens is 1. The number of hydrogen-bond donors (Lipinski definition) is 1. The highest BCUT2D eigenvalue weighted by atomic mass is 32.1. The van der Waals surface area contributed by atoms with E-state index in [0.29, 0.717) is 30.7 Å². The number of anilines is 1. The molecule has 1 N–H and O–H groups in total. The molecule has 0 aromatic carbocycles. The fourth-order valence-corrected chi connectivity index (χ4v) is 3.07. The van der Waals surface area contributed by atoms with Crippen LogP contribution in [0.25, 0.3) is 0 Å². The molecule has 122 valence electrons. The van der Waals surface area contributed by atoms with Crippen molar-refractivity contribution in [3.05, 3.63) is 10.6 Å². The minimum absolute atomic E-state index is 0.335. The summed E-state index contributed by atoms with van der Waals surface area (Å²) in [6.45, 7) is 8.03. The van der Waals surface area contributed by atoms with E-state index >= 15 is 0 Å². The summed E-state index contributed by atoms with van der Waals surface area (Å²) in [4.78, 5) is 6.78. The standard InChI is InChI=1S/C14H24F3N3S/c1-5-7-20(9-14(15,16)17)13-19-11(6-2)12(21-13)8-18-10(3)4/h10,18H,5-9H2,1-4H3. The fraction of sp³-hybridized carbons (Fsp3) is 0.786. The van der Waals surface area contributed by atoms with Crippen LogP contribution in [0.15, 0.2) is 0 Å². The van der Waals surface area contributed by atoms with Gasteiger partial charge in [-0.05, 0) is 12.8 Å². The lowest BCUT2D eigenvalue weighted by molar-refractivity contribution is -0.119.